The Morgan fingerprint density at radius 1 is 1.05 bits per heavy atom. The van der Waals surface area contributed by atoms with Crippen LogP contribution in [0.4, 0.5) is 26.3 Å². The normalized spacial score (nSPS) is 15.3. The van der Waals surface area contributed by atoms with Crippen molar-refractivity contribution in [2.75, 3.05) is 13.1 Å². The van der Waals surface area contributed by atoms with Gasteiger partial charge in [-0.2, -0.15) is 26.3 Å². The number of thiocarbonyl (C=S) groups is 1. The fourth-order valence-corrected chi connectivity index (χ4v) is 4.53. The third-order valence-electron chi connectivity index (χ3n) is 5.03. The number of benzene rings is 1. The van der Waals surface area contributed by atoms with Crippen LogP contribution in [0, 0.1) is 0 Å². The lowest BCUT2D eigenvalue weighted by molar-refractivity contribution is -0.143. The molecule has 7 nitrogen and oxygen atoms in total. The standard InChI is InChI=1S/C23H17F6N3O4S2/c24-22(25,26)13-8-12(9-14(10-13)23(27,28)29)16-3-1-2-15(31-16)11-17-20(36)32(21(37)38-17)7-5-18(33)30-6-4-19(34)35/h1-3,8-11H,4-7H2,(H,30,33)(H,34,35). The molecule has 1 saturated heterocycles. The maximum atomic E-state index is 13.2. The van der Waals surface area contributed by atoms with E-state index >= 15 is 0 Å². The average molecular weight is 578 g/mol. The van der Waals surface area contributed by atoms with Crippen molar-refractivity contribution in [3.63, 3.8) is 0 Å². The lowest BCUT2D eigenvalue weighted by atomic mass is 10.0. The molecule has 2 aromatic rings. The minimum atomic E-state index is -5.02. The van der Waals surface area contributed by atoms with Crippen molar-refractivity contribution in [2.45, 2.75) is 25.2 Å². The first-order valence-electron chi connectivity index (χ1n) is 10.7. The molecule has 0 aliphatic carbocycles. The summed E-state index contributed by atoms with van der Waals surface area (Å²) in [4.78, 5) is 40.5. The second kappa shape index (κ2) is 11.5. The van der Waals surface area contributed by atoms with Crippen LogP contribution in [0.25, 0.3) is 17.3 Å². The van der Waals surface area contributed by atoms with Gasteiger partial charge in [0.15, 0.2) is 0 Å². The average Bonchev–Trinajstić information content (AvgIpc) is 3.08. The highest BCUT2D eigenvalue weighted by Crippen LogP contribution is 2.38. The maximum absolute atomic E-state index is 13.2. The number of thioether (sulfide) groups is 1. The molecule has 0 bridgehead atoms. The molecule has 1 aliphatic heterocycles. The summed E-state index contributed by atoms with van der Waals surface area (Å²) in [5, 5.41) is 11.0. The van der Waals surface area contributed by atoms with Crippen molar-refractivity contribution in [1.29, 1.82) is 0 Å². The molecule has 2 N–H and O–H groups in total. The topological polar surface area (TPSA) is 99.6 Å². The number of carboxylic acid groups (broad SMARTS) is 1. The zero-order valence-corrected chi connectivity index (χ0v) is 20.7. The van der Waals surface area contributed by atoms with Crippen LogP contribution >= 0.6 is 24.0 Å². The minimum absolute atomic E-state index is 0.0190. The Balaban J connectivity index is 1.80. The van der Waals surface area contributed by atoms with E-state index in [9.17, 15) is 40.7 Å². The van der Waals surface area contributed by atoms with Crippen LogP contribution in [0.5, 0.6) is 0 Å². The number of carboxylic acids is 1. The minimum Gasteiger partial charge on any atom is -0.481 e. The van der Waals surface area contributed by atoms with Crippen molar-refractivity contribution in [3.05, 3.63) is 58.1 Å². The number of rotatable bonds is 8. The number of alkyl halides is 6. The van der Waals surface area contributed by atoms with Gasteiger partial charge in [-0.15, -0.1) is 0 Å². The van der Waals surface area contributed by atoms with E-state index in [1.165, 1.54) is 24.3 Å². The second-order valence-corrected chi connectivity index (χ2v) is 9.50. The molecule has 1 fully saturated rings. The summed E-state index contributed by atoms with van der Waals surface area (Å²) in [6.45, 7) is -0.163. The van der Waals surface area contributed by atoms with E-state index in [0.717, 1.165) is 16.7 Å². The molecule has 0 radical (unpaired) electrons. The highest BCUT2D eigenvalue weighted by Gasteiger charge is 2.37. The first kappa shape index (κ1) is 29.1. The van der Waals surface area contributed by atoms with Gasteiger partial charge in [0.25, 0.3) is 5.91 Å². The summed E-state index contributed by atoms with van der Waals surface area (Å²) >= 11 is 6.05. The molecule has 38 heavy (non-hydrogen) atoms. The van der Waals surface area contributed by atoms with E-state index in [0.29, 0.717) is 12.1 Å². The molecule has 15 heteroatoms. The number of halogens is 6. The number of aliphatic carboxylic acids is 1. The van der Waals surface area contributed by atoms with E-state index in [2.05, 4.69) is 10.3 Å². The van der Waals surface area contributed by atoms with Crippen molar-refractivity contribution in [2.24, 2.45) is 0 Å². The molecular weight excluding hydrogens is 560 g/mol. The van der Waals surface area contributed by atoms with Crippen LogP contribution in [-0.4, -0.2) is 50.2 Å². The summed E-state index contributed by atoms with van der Waals surface area (Å²) in [7, 11) is 0. The van der Waals surface area contributed by atoms with Crippen molar-refractivity contribution >= 4 is 52.2 Å². The third-order valence-corrected chi connectivity index (χ3v) is 6.41. The molecular formula is C23H17F6N3O4S2. The van der Waals surface area contributed by atoms with Gasteiger partial charge >= 0.3 is 18.3 Å². The number of pyridine rings is 1. The van der Waals surface area contributed by atoms with Gasteiger partial charge in [0, 0.05) is 25.1 Å². The predicted molar refractivity (Wildman–Crippen MR) is 129 cm³/mol. The smallest absolute Gasteiger partial charge is 0.416 e. The molecule has 2 heterocycles. The quantitative estimate of drug-likeness (QED) is 0.260. The van der Waals surface area contributed by atoms with Gasteiger partial charge in [0.1, 0.15) is 4.32 Å². The largest absolute Gasteiger partial charge is 0.481 e. The van der Waals surface area contributed by atoms with Crippen LogP contribution in [0.2, 0.25) is 0 Å². The molecule has 0 spiro atoms. The van der Waals surface area contributed by atoms with Crippen molar-refractivity contribution in [1.82, 2.24) is 15.2 Å². The second-order valence-electron chi connectivity index (χ2n) is 7.82. The highest BCUT2D eigenvalue weighted by atomic mass is 32.2. The first-order valence-corrected chi connectivity index (χ1v) is 11.9. The maximum Gasteiger partial charge on any atom is 0.416 e. The lowest BCUT2D eigenvalue weighted by Crippen LogP contribution is -2.34. The van der Waals surface area contributed by atoms with E-state index in [4.69, 9.17) is 17.3 Å². The van der Waals surface area contributed by atoms with Crippen LogP contribution in [0.1, 0.15) is 29.7 Å². The van der Waals surface area contributed by atoms with Crippen LogP contribution < -0.4 is 5.32 Å². The number of carbonyl (C=O) groups is 3. The van der Waals surface area contributed by atoms with E-state index in [-0.39, 0.29) is 52.6 Å². The predicted octanol–water partition coefficient (Wildman–Crippen LogP) is 4.97. The Morgan fingerprint density at radius 2 is 1.68 bits per heavy atom. The molecule has 0 atom stereocenters. The van der Waals surface area contributed by atoms with Gasteiger partial charge in [-0.05, 0) is 36.4 Å². The van der Waals surface area contributed by atoms with Gasteiger partial charge in [0.2, 0.25) is 5.91 Å². The Labute approximate surface area is 220 Å². The van der Waals surface area contributed by atoms with Gasteiger partial charge in [-0.1, -0.05) is 30.0 Å². The number of aromatic nitrogens is 1. The van der Waals surface area contributed by atoms with Gasteiger partial charge in [-0.3, -0.25) is 19.3 Å². The Bertz CT molecular complexity index is 1280. The van der Waals surface area contributed by atoms with Gasteiger partial charge in [-0.25, -0.2) is 4.98 Å². The summed E-state index contributed by atoms with van der Waals surface area (Å²) in [5.41, 5.74) is -3.47. The van der Waals surface area contributed by atoms with Gasteiger partial charge < -0.3 is 10.4 Å². The van der Waals surface area contributed by atoms with Crippen LogP contribution in [0.3, 0.4) is 0 Å². The summed E-state index contributed by atoms with van der Waals surface area (Å²) in [6, 6.07) is 5.14. The Morgan fingerprint density at radius 3 is 2.26 bits per heavy atom. The van der Waals surface area contributed by atoms with E-state index in [1.807, 2.05) is 0 Å². The number of hydrogen-bond donors (Lipinski definition) is 2. The van der Waals surface area contributed by atoms with E-state index < -0.39 is 46.8 Å². The fourth-order valence-electron chi connectivity index (χ4n) is 3.23. The summed E-state index contributed by atoms with van der Waals surface area (Å²) < 4.78 is 79.5. The monoisotopic (exact) mass is 577 g/mol. The number of carbonyl (C=O) groups excluding carboxylic acids is 2. The zero-order chi connectivity index (χ0) is 28.3. The number of amides is 2. The molecule has 1 aromatic heterocycles. The van der Waals surface area contributed by atoms with Crippen LogP contribution in [-0.2, 0) is 26.7 Å². The Kier molecular flexibility index (Phi) is 8.82. The van der Waals surface area contributed by atoms with Crippen LogP contribution in [0.15, 0.2) is 41.3 Å². The summed E-state index contributed by atoms with van der Waals surface area (Å²) in [5.74, 6) is -2.14. The molecule has 1 aromatic carbocycles. The van der Waals surface area contributed by atoms with Gasteiger partial charge in [0.05, 0.1) is 33.8 Å². The number of nitrogens with one attached hydrogen (secondary N) is 1. The molecule has 202 valence electrons. The Hall–Kier alpha value is -3.46. The zero-order valence-electron chi connectivity index (χ0n) is 19.0. The molecule has 0 unspecified atom stereocenters. The van der Waals surface area contributed by atoms with E-state index in [1.54, 1.807) is 0 Å². The molecule has 0 saturated carbocycles. The highest BCUT2D eigenvalue weighted by molar-refractivity contribution is 8.26. The molecule has 2 amide bonds. The lowest BCUT2D eigenvalue weighted by Gasteiger charge is -2.14. The number of nitrogens with zero attached hydrogens (tertiary/aromatic N) is 2. The SMILES string of the molecule is O=C(O)CCNC(=O)CCN1C(=O)C(=Cc2cccc(-c3cc(C(F)(F)F)cc(C(F)(F)F)c3)n2)SC1=S. The fraction of sp³-hybridized carbons (Fsp3) is 0.261. The molecule has 3 rings (SSSR count). The third kappa shape index (κ3) is 7.54. The van der Waals surface area contributed by atoms with Crippen molar-refractivity contribution < 1.29 is 45.8 Å². The summed E-state index contributed by atoms with van der Waals surface area (Å²) in [6.07, 6.45) is -9.17. The van der Waals surface area contributed by atoms with Crippen molar-refractivity contribution in [3.8, 4) is 11.3 Å². The number of hydrogen-bond acceptors (Lipinski definition) is 6. The first-order chi connectivity index (χ1) is 17.6. The molecule has 1 aliphatic rings.